The van der Waals surface area contributed by atoms with Gasteiger partial charge in [-0.15, -0.1) is 10.2 Å². The minimum absolute atomic E-state index is 0.0900. The third-order valence-electron chi connectivity index (χ3n) is 6.52. The monoisotopic (exact) mass is 686 g/mol. The maximum Gasteiger partial charge on any atom is 0.167 e. The van der Waals surface area contributed by atoms with Gasteiger partial charge in [0.2, 0.25) is 0 Å². The van der Waals surface area contributed by atoms with Crippen LogP contribution in [0.2, 0.25) is 10.0 Å². The molecule has 0 radical (unpaired) electrons. The van der Waals surface area contributed by atoms with Gasteiger partial charge in [-0.2, -0.15) is 0 Å². The highest BCUT2D eigenvalue weighted by molar-refractivity contribution is 6.30. The zero-order valence-electron chi connectivity index (χ0n) is 25.1. The van der Waals surface area contributed by atoms with Crippen molar-refractivity contribution in [2.75, 3.05) is 26.4 Å². The highest BCUT2D eigenvalue weighted by atomic mass is 35.5. The lowest BCUT2D eigenvalue weighted by molar-refractivity contribution is 0.201. The Labute approximate surface area is 284 Å². The third-order valence-corrected chi connectivity index (χ3v) is 7.03. The van der Waals surface area contributed by atoms with Crippen molar-refractivity contribution in [3.8, 4) is 68.4 Å². The second-order valence-corrected chi connectivity index (χ2v) is 10.7. The van der Waals surface area contributed by atoms with E-state index in [9.17, 15) is 10.2 Å². The molecule has 0 saturated heterocycles. The first kappa shape index (κ1) is 33.9. The maximum absolute atomic E-state index is 10.6. The Morgan fingerprint density at radius 3 is 1.48 bits per heavy atom. The summed E-state index contributed by atoms with van der Waals surface area (Å²) in [6.45, 7) is -0.131. The van der Waals surface area contributed by atoms with Crippen LogP contribution in [-0.2, 0) is 0 Å². The standard InChI is InChI=1S/C25H22ClN3O6.C9H6ClN3/c26-16-3-1-15(2-4-16)23-27-24(19-7-5-17(13-21(19)32)34-11-9-30)29-25(28-23)20-8-6-18(14-22(20)33)35-12-10-31;10-8-3-1-7(2-4-8)9-5-6-11-13-12-9/h1-8,13-14,30-33H,9-12H2;1-6H. The predicted molar refractivity (Wildman–Crippen MR) is 180 cm³/mol. The fourth-order valence-electron chi connectivity index (χ4n) is 4.27. The molecule has 0 aliphatic rings. The van der Waals surface area contributed by atoms with Gasteiger partial charge in [0.05, 0.1) is 36.2 Å². The number of aromatic hydroxyl groups is 2. The van der Waals surface area contributed by atoms with Crippen molar-refractivity contribution < 1.29 is 29.9 Å². The summed E-state index contributed by atoms with van der Waals surface area (Å²) >= 11 is 11.8. The molecule has 0 amide bonds. The molecule has 0 fully saturated rings. The first-order valence-corrected chi connectivity index (χ1v) is 15.2. The number of rotatable bonds is 10. The van der Waals surface area contributed by atoms with E-state index in [0.717, 1.165) is 11.3 Å². The Kier molecular flexibility index (Phi) is 11.6. The molecule has 0 spiro atoms. The highest BCUT2D eigenvalue weighted by Crippen LogP contribution is 2.35. The lowest BCUT2D eigenvalue weighted by Crippen LogP contribution is -2.03. The fraction of sp³-hybridized carbons (Fsp3) is 0.118. The molecule has 14 heteroatoms. The van der Waals surface area contributed by atoms with Crippen molar-refractivity contribution in [1.29, 1.82) is 0 Å². The quantitative estimate of drug-likeness (QED) is 0.135. The molecule has 0 aliphatic carbocycles. The van der Waals surface area contributed by atoms with Crippen molar-refractivity contribution in [3.63, 3.8) is 0 Å². The lowest BCUT2D eigenvalue weighted by atomic mass is 10.1. The van der Waals surface area contributed by atoms with E-state index in [0.29, 0.717) is 44.1 Å². The maximum atomic E-state index is 10.6. The van der Waals surface area contributed by atoms with Gasteiger partial charge in [-0.3, -0.25) is 0 Å². The number of aliphatic hydroxyl groups is 2. The molecule has 2 aromatic heterocycles. The second-order valence-electron chi connectivity index (χ2n) is 9.83. The molecule has 0 atom stereocenters. The lowest BCUT2D eigenvalue weighted by Gasteiger charge is -2.12. The van der Waals surface area contributed by atoms with Crippen LogP contribution in [0.1, 0.15) is 0 Å². The number of halogens is 2. The van der Waals surface area contributed by atoms with E-state index in [4.69, 9.17) is 42.9 Å². The molecule has 2 heterocycles. The van der Waals surface area contributed by atoms with Crippen LogP contribution < -0.4 is 9.47 Å². The summed E-state index contributed by atoms with van der Waals surface area (Å²) in [6.07, 6.45) is 1.61. The molecule has 48 heavy (non-hydrogen) atoms. The van der Waals surface area contributed by atoms with E-state index >= 15 is 0 Å². The summed E-state index contributed by atoms with van der Waals surface area (Å²) in [4.78, 5) is 13.6. The van der Waals surface area contributed by atoms with E-state index in [1.165, 1.54) is 12.1 Å². The molecular formula is C34H28Cl2N6O6. The largest absolute Gasteiger partial charge is 0.507 e. The van der Waals surface area contributed by atoms with E-state index in [2.05, 4.69) is 30.4 Å². The van der Waals surface area contributed by atoms with Crippen LogP contribution in [0.3, 0.4) is 0 Å². The van der Waals surface area contributed by atoms with Crippen LogP contribution >= 0.6 is 23.2 Å². The summed E-state index contributed by atoms with van der Waals surface area (Å²) in [5.74, 6) is 1.15. The van der Waals surface area contributed by atoms with E-state index < -0.39 is 0 Å². The van der Waals surface area contributed by atoms with Crippen molar-refractivity contribution in [2.24, 2.45) is 0 Å². The topological polar surface area (TPSA) is 177 Å². The second kappa shape index (κ2) is 16.4. The average molecular weight is 688 g/mol. The predicted octanol–water partition coefficient (Wildman–Crippen LogP) is 5.87. The van der Waals surface area contributed by atoms with Gasteiger partial charge in [0, 0.05) is 33.3 Å². The number of nitrogens with zero attached hydrogens (tertiary/aromatic N) is 6. The van der Waals surface area contributed by atoms with Crippen LogP contribution in [0.15, 0.2) is 97.2 Å². The summed E-state index contributed by atoms with van der Waals surface area (Å²) in [6, 6.07) is 25.4. The third kappa shape index (κ3) is 8.90. The van der Waals surface area contributed by atoms with Gasteiger partial charge in [0.15, 0.2) is 17.5 Å². The van der Waals surface area contributed by atoms with Crippen molar-refractivity contribution in [1.82, 2.24) is 30.4 Å². The molecule has 6 aromatic rings. The zero-order chi connectivity index (χ0) is 33.9. The van der Waals surface area contributed by atoms with E-state index in [1.54, 1.807) is 60.8 Å². The Morgan fingerprint density at radius 2 is 1.04 bits per heavy atom. The molecule has 0 unspecified atom stereocenters. The average Bonchev–Trinajstić information content (AvgIpc) is 3.11. The van der Waals surface area contributed by atoms with Crippen molar-refractivity contribution >= 4 is 23.2 Å². The van der Waals surface area contributed by atoms with Crippen molar-refractivity contribution in [3.05, 3.63) is 107 Å². The number of phenols is 2. The van der Waals surface area contributed by atoms with Gasteiger partial charge in [-0.1, -0.05) is 35.3 Å². The number of phenolic OH excluding ortho intramolecular Hbond substituents is 2. The number of hydrogen-bond donors (Lipinski definition) is 4. The number of aromatic nitrogens is 6. The summed E-state index contributed by atoms with van der Waals surface area (Å²) in [7, 11) is 0. The summed E-state index contributed by atoms with van der Waals surface area (Å²) < 4.78 is 10.7. The van der Waals surface area contributed by atoms with Gasteiger partial charge < -0.3 is 29.9 Å². The minimum atomic E-state index is -0.156. The Morgan fingerprint density at radius 1 is 0.562 bits per heavy atom. The SMILES string of the molecule is Clc1ccc(-c2ccnnn2)cc1.OCCOc1ccc(-c2nc(-c3ccc(Cl)cc3)nc(-c3ccc(OCCO)cc3O)n2)c(O)c1. The van der Waals surface area contributed by atoms with Gasteiger partial charge >= 0.3 is 0 Å². The molecule has 0 aliphatic heterocycles. The normalized spacial score (nSPS) is 10.6. The number of aliphatic hydroxyl groups excluding tert-OH is 2. The molecule has 4 N–H and O–H groups in total. The number of hydrogen-bond acceptors (Lipinski definition) is 12. The number of ether oxygens (including phenoxy) is 2. The van der Waals surface area contributed by atoms with Gasteiger partial charge in [0.25, 0.3) is 0 Å². The van der Waals surface area contributed by atoms with Crippen LogP contribution in [-0.4, -0.2) is 77.2 Å². The molecule has 0 bridgehead atoms. The smallest absolute Gasteiger partial charge is 0.167 e. The first-order chi connectivity index (χ1) is 23.3. The van der Waals surface area contributed by atoms with E-state index in [-0.39, 0.29) is 49.6 Å². The van der Waals surface area contributed by atoms with Crippen molar-refractivity contribution in [2.45, 2.75) is 0 Å². The molecule has 244 valence electrons. The summed E-state index contributed by atoms with van der Waals surface area (Å²) in [5, 5.41) is 51.4. The molecule has 0 saturated carbocycles. The Bertz CT molecular complexity index is 1880. The van der Waals surface area contributed by atoms with Gasteiger partial charge in [0.1, 0.15) is 36.2 Å². The molecule has 4 aromatic carbocycles. The van der Waals surface area contributed by atoms with E-state index in [1.807, 2.05) is 24.3 Å². The Hall–Kier alpha value is -5.40. The van der Waals surface area contributed by atoms with Crippen LogP contribution in [0.4, 0.5) is 0 Å². The Balaban J connectivity index is 0.000000288. The van der Waals surface area contributed by atoms with Crippen LogP contribution in [0, 0.1) is 0 Å². The zero-order valence-corrected chi connectivity index (χ0v) is 26.6. The summed E-state index contributed by atoms with van der Waals surface area (Å²) in [5.41, 5.74) is 3.08. The number of benzene rings is 4. The fourth-order valence-corrected chi connectivity index (χ4v) is 4.52. The van der Waals surface area contributed by atoms with Crippen LogP contribution in [0.5, 0.6) is 23.0 Å². The minimum Gasteiger partial charge on any atom is -0.507 e. The van der Waals surface area contributed by atoms with Gasteiger partial charge in [-0.05, 0) is 71.9 Å². The molecular weight excluding hydrogens is 659 g/mol. The molecule has 12 nitrogen and oxygen atoms in total. The van der Waals surface area contributed by atoms with Gasteiger partial charge in [-0.25, -0.2) is 15.0 Å². The first-order valence-electron chi connectivity index (χ1n) is 14.4. The van der Waals surface area contributed by atoms with Crippen LogP contribution in [0.25, 0.3) is 45.4 Å². The highest BCUT2D eigenvalue weighted by Gasteiger charge is 2.17. The molecule has 6 rings (SSSR count).